The van der Waals surface area contributed by atoms with Crippen molar-refractivity contribution < 1.29 is 14.7 Å². The van der Waals surface area contributed by atoms with Crippen LogP contribution in [0.1, 0.15) is 40.0 Å². The maximum Gasteiger partial charge on any atom is 0.372 e. The van der Waals surface area contributed by atoms with Crippen LogP contribution in [0.4, 0.5) is 0 Å². The van der Waals surface area contributed by atoms with Crippen LogP contribution < -0.4 is 0 Å². The van der Waals surface area contributed by atoms with Crippen LogP contribution in [-0.4, -0.2) is 16.9 Å². The molecule has 2 unspecified atom stereocenters. The molecule has 0 amide bonds. The van der Waals surface area contributed by atoms with Crippen LogP contribution in [0.2, 0.25) is 0 Å². The van der Waals surface area contributed by atoms with Crippen LogP contribution in [0.25, 0.3) is 0 Å². The molecule has 3 heteroatoms. The number of carboxylic acids is 1. The Morgan fingerprint density at radius 1 is 1.27 bits per heavy atom. The second-order valence-electron chi connectivity index (χ2n) is 5.83. The molecule has 0 aromatic heterocycles. The van der Waals surface area contributed by atoms with E-state index in [0.29, 0.717) is 5.92 Å². The Morgan fingerprint density at radius 3 is 2.20 bits per heavy atom. The average molecular weight is 210 g/mol. The predicted molar refractivity (Wildman–Crippen MR) is 55.4 cm³/mol. The van der Waals surface area contributed by atoms with E-state index in [0.717, 1.165) is 19.3 Å². The number of carbonyl (C=O) groups is 2. The predicted octanol–water partition coefficient (Wildman–Crippen LogP) is 2.10. The standard InChI is InChI=1S/C12H18O3/c1-11(2)7-4-5-12(11,3)8(6-7)9(13)10(14)15/h7-8H,4-6H2,1-3H3,(H,14,15)/t7?,8?,12-/m0/s1. The SMILES string of the molecule is CC1(C)C2CC[C@@]1(C)C(C(=O)C(=O)O)C2. The lowest BCUT2D eigenvalue weighted by Gasteiger charge is -2.37. The van der Waals surface area contributed by atoms with E-state index in [2.05, 4.69) is 20.8 Å². The van der Waals surface area contributed by atoms with Gasteiger partial charge in [-0.15, -0.1) is 0 Å². The molecule has 2 rings (SSSR count). The number of hydrogen-bond acceptors (Lipinski definition) is 2. The van der Waals surface area contributed by atoms with E-state index in [4.69, 9.17) is 5.11 Å². The zero-order valence-corrected chi connectivity index (χ0v) is 9.54. The highest BCUT2D eigenvalue weighted by Gasteiger charge is 2.63. The van der Waals surface area contributed by atoms with Crippen molar-refractivity contribution in [2.75, 3.05) is 0 Å². The lowest BCUT2D eigenvalue weighted by atomic mass is 9.65. The van der Waals surface area contributed by atoms with Crippen molar-refractivity contribution in [3.05, 3.63) is 0 Å². The molecule has 3 atom stereocenters. The summed E-state index contributed by atoms with van der Waals surface area (Å²) in [5.41, 5.74) is 0.00984. The molecule has 1 N–H and O–H groups in total. The molecule has 0 saturated heterocycles. The van der Waals surface area contributed by atoms with Crippen LogP contribution >= 0.6 is 0 Å². The number of carbonyl (C=O) groups excluding carboxylic acids is 1. The number of ketones is 1. The molecule has 2 aliphatic carbocycles. The van der Waals surface area contributed by atoms with E-state index in [1.807, 2.05) is 0 Å². The molecular formula is C12H18O3. The van der Waals surface area contributed by atoms with Gasteiger partial charge in [-0.05, 0) is 36.0 Å². The van der Waals surface area contributed by atoms with Gasteiger partial charge in [0.1, 0.15) is 0 Å². The molecule has 15 heavy (non-hydrogen) atoms. The fourth-order valence-electron chi connectivity index (χ4n) is 3.75. The summed E-state index contributed by atoms with van der Waals surface area (Å²) in [4.78, 5) is 22.4. The van der Waals surface area contributed by atoms with Gasteiger partial charge in [0.15, 0.2) is 0 Å². The molecule has 2 fully saturated rings. The van der Waals surface area contributed by atoms with Gasteiger partial charge in [-0.25, -0.2) is 4.79 Å². The van der Waals surface area contributed by atoms with Gasteiger partial charge in [0.2, 0.25) is 5.78 Å². The molecule has 3 nitrogen and oxygen atoms in total. The van der Waals surface area contributed by atoms with Crippen molar-refractivity contribution in [3.63, 3.8) is 0 Å². The maximum atomic E-state index is 11.6. The minimum atomic E-state index is -1.26. The Balaban J connectivity index is 2.34. The largest absolute Gasteiger partial charge is 0.475 e. The first-order valence-electron chi connectivity index (χ1n) is 5.58. The minimum Gasteiger partial charge on any atom is -0.475 e. The Labute approximate surface area is 89.9 Å². The molecule has 0 aromatic carbocycles. The van der Waals surface area contributed by atoms with E-state index >= 15 is 0 Å². The van der Waals surface area contributed by atoms with Crippen molar-refractivity contribution in [1.82, 2.24) is 0 Å². The van der Waals surface area contributed by atoms with Gasteiger partial charge in [-0.1, -0.05) is 20.8 Å². The van der Waals surface area contributed by atoms with Gasteiger partial charge in [-0.2, -0.15) is 0 Å². The fourth-order valence-corrected chi connectivity index (χ4v) is 3.75. The lowest BCUT2D eigenvalue weighted by molar-refractivity contribution is -0.153. The quantitative estimate of drug-likeness (QED) is 0.710. The van der Waals surface area contributed by atoms with Crippen molar-refractivity contribution in [3.8, 4) is 0 Å². The summed E-state index contributed by atoms with van der Waals surface area (Å²) in [6.07, 6.45) is 2.91. The van der Waals surface area contributed by atoms with Crippen molar-refractivity contribution in [2.24, 2.45) is 22.7 Å². The van der Waals surface area contributed by atoms with Gasteiger partial charge in [0.25, 0.3) is 0 Å². The Kier molecular flexibility index (Phi) is 2.01. The summed E-state index contributed by atoms with van der Waals surface area (Å²) in [5.74, 6) is -1.57. The van der Waals surface area contributed by atoms with E-state index in [1.165, 1.54) is 0 Å². The summed E-state index contributed by atoms with van der Waals surface area (Å²) in [6.45, 7) is 6.45. The molecule has 2 bridgehead atoms. The van der Waals surface area contributed by atoms with Gasteiger partial charge in [0, 0.05) is 5.92 Å². The molecule has 2 aliphatic rings. The lowest BCUT2D eigenvalue weighted by Crippen LogP contribution is -2.38. The number of fused-ring (bicyclic) bond motifs is 2. The number of hydrogen-bond donors (Lipinski definition) is 1. The Bertz CT molecular complexity index is 332. The van der Waals surface area contributed by atoms with Crippen molar-refractivity contribution >= 4 is 11.8 Å². The third-order valence-corrected chi connectivity index (χ3v) is 5.32. The highest BCUT2D eigenvalue weighted by molar-refractivity contribution is 6.33. The average Bonchev–Trinajstić information content (AvgIpc) is 2.47. The first-order valence-corrected chi connectivity index (χ1v) is 5.58. The number of aliphatic carboxylic acids is 1. The Morgan fingerprint density at radius 2 is 1.87 bits per heavy atom. The highest BCUT2D eigenvalue weighted by Crippen LogP contribution is 2.68. The Hall–Kier alpha value is -0.860. The van der Waals surface area contributed by atoms with Gasteiger partial charge >= 0.3 is 5.97 Å². The van der Waals surface area contributed by atoms with Crippen LogP contribution in [0.15, 0.2) is 0 Å². The fraction of sp³-hybridized carbons (Fsp3) is 0.833. The van der Waals surface area contributed by atoms with Crippen LogP contribution in [0, 0.1) is 22.7 Å². The molecule has 2 saturated carbocycles. The second kappa shape index (κ2) is 2.83. The van der Waals surface area contributed by atoms with E-state index < -0.39 is 11.8 Å². The van der Waals surface area contributed by atoms with E-state index in [-0.39, 0.29) is 16.7 Å². The molecule has 0 aliphatic heterocycles. The summed E-state index contributed by atoms with van der Waals surface area (Å²) >= 11 is 0. The minimum absolute atomic E-state index is 0.104. The molecule has 0 heterocycles. The van der Waals surface area contributed by atoms with Gasteiger partial charge in [-0.3, -0.25) is 4.79 Å². The molecule has 0 spiro atoms. The van der Waals surface area contributed by atoms with Gasteiger partial charge < -0.3 is 5.11 Å². The van der Waals surface area contributed by atoms with Crippen LogP contribution in [0.5, 0.6) is 0 Å². The van der Waals surface area contributed by atoms with Crippen molar-refractivity contribution in [2.45, 2.75) is 40.0 Å². The monoisotopic (exact) mass is 210 g/mol. The molecule has 0 aromatic rings. The van der Waals surface area contributed by atoms with Gasteiger partial charge in [0.05, 0.1) is 0 Å². The second-order valence-corrected chi connectivity index (χ2v) is 5.83. The normalized spacial score (nSPS) is 41.8. The summed E-state index contributed by atoms with van der Waals surface area (Å²) in [7, 11) is 0. The number of carboxylic acid groups (broad SMARTS) is 1. The summed E-state index contributed by atoms with van der Waals surface area (Å²) < 4.78 is 0. The van der Waals surface area contributed by atoms with E-state index in [9.17, 15) is 9.59 Å². The zero-order valence-electron chi connectivity index (χ0n) is 9.54. The first-order chi connectivity index (χ1) is 6.80. The zero-order chi connectivity index (χ0) is 11.4. The topological polar surface area (TPSA) is 54.4 Å². The molecule has 84 valence electrons. The van der Waals surface area contributed by atoms with Crippen molar-refractivity contribution in [1.29, 1.82) is 0 Å². The summed E-state index contributed by atoms with van der Waals surface area (Å²) in [5, 5.41) is 8.81. The third-order valence-electron chi connectivity index (χ3n) is 5.32. The smallest absolute Gasteiger partial charge is 0.372 e. The first kappa shape index (κ1) is 10.7. The highest BCUT2D eigenvalue weighted by atomic mass is 16.4. The van der Waals surface area contributed by atoms with E-state index in [1.54, 1.807) is 0 Å². The maximum absolute atomic E-state index is 11.6. The number of Topliss-reactive ketones (excluding diaryl/α,β-unsaturated/α-hetero) is 1. The molecule has 0 radical (unpaired) electrons. The van der Waals surface area contributed by atoms with Crippen LogP contribution in [-0.2, 0) is 9.59 Å². The number of rotatable bonds is 2. The third kappa shape index (κ3) is 1.12. The summed E-state index contributed by atoms with van der Waals surface area (Å²) in [6, 6.07) is 0. The van der Waals surface area contributed by atoms with Crippen LogP contribution in [0.3, 0.4) is 0 Å². The molecular weight excluding hydrogens is 192 g/mol.